The fourth-order valence-electron chi connectivity index (χ4n) is 4.01. The van der Waals surface area contributed by atoms with E-state index in [4.69, 9.17) is 25.8 Å². The minimum atomic E-state index is -1.09. The standard InChI is InChI=1S/C26H27ClN4O5S/c1-5-9-20(32)31-18-12-8-7-11-16(18)22-24(28-26(37-4)30-29-22)36-25(31)17-13-15(27)14-19(34-3)23(17)35-21(33)10-6-2/h7-8,11-14,25H,5-6,9-10H2,1-4H3. The minimum Gasteiger partial charge on any atom is -0.493 e. The van der Waals surface area contributed by atoms with E-state index in [1.54, 1.807) is 12.1 Å². The van der Waals surface area contributed by atoms with Crippen LogP contribution in [0.15, 0.2) is 41.6 Å². The molecule has 2 aromatic carbocycles. The van der Waals surface area contributed by atoms with E-state index in [0.717, 1.165) is 0 Å². The third-order valence-electron chi connectivity index (χ3n) is 5.63. The molecule has 9 nitrogen and oxygen atoms in total. The lowest BCUT2D eigenvalue weighted by Gasteiger charge is -2.32. The van der Waals surface area contributed by atoms with Crippen molar-refractivity contribution in [1.29, 1.82) is 0 Å². The summed E-state index contributed by atoms with van der Waals surface area (Å²) in [5.74, 6) is -0.0950. The summed E-state index contributed by atoms with van der Waals surface area (Å²) in [6.45, 7) is 3.80. The summed E-state index contributed by atoms with van der Waals surface area (Å²) in [5, 5.41) is 9.28. The number of methoxy groups -OCH3 is 1. The number of rotatable bonds is 8. The van der Waals surface area contributed by atoms with Crippen LogP contribution in [0.5, 0.6) is 17.4 Å². The van der Waals surface area contributed by atoms with Crippen molar-refractivity contribution in [2.45, 2.75) is 50.9 Å². The lowest BCUT2D eigenvalue weighted by atomic mass is 10.1. The summed E-state index contributed by atoms with van der Waals surface area (Å²) in [6, 6.07) is 10.5. The van der Waals surface area contributed by atoms with Crippen LogP contribution in [0.3, 0.4) is 0 Å². The van der Waals surface area contributed by atoms with Gasteiger partial charge in [-0.05, 0) is 31.2 Å². The number of esters is 1. The van der Waals surface area contributed by atoms with Crippen molar-refractivity contribution in [2.75, 3.05) is 18.3 Å². The zero-order valence-corrected chi connectivity index (χ0v) is 22.6. The lowest BCUT2D eigenvalue weighted by Crippen LogP contribution is -2.38. The Morgan fingerprint density at radius 3 is 2.59 bits per heavy atom. The molecule has 4 rings (SSSR count). The van der Waals surface area contributed by atoms with E-state index >= 15 is 0 Å². The second kappa shape index (κ2) is 11.8. The fraction of sp³-hybridized carbons (Fsp3) is 0.346. The van der Waals surface area contributed by atoms with E-state index in [2.05, 4.69) is 15.2 Å². The van der Waals surface area contributed by atoms with Crippen LogP contribution in [-0.2, 0) is 9.59 Å². The van der Waals surface area contributed by atoms with Crippen LogP contribution < -0.4 is 19.1 Å². The van der Waals surface area contributed by atoms with E-state index in [0.29, 0.717) is 45.5 Å². The van der Waals surface area contributed by atoms with E-state index in [1.807, 2.05) is 44.4 Å². The average molecular weight is 543 g/mol. The maximum Gasteiger partial charge on any atom is 0.311 e. The Morgan fingerprint density at radius 1 is 1.14 bits per heavy atom. The number of halogens is 1. The highest BCUT2D eigenvalue weighted by atomic mass is 35.5. The number of hydrogen-bond acceptors (Lipinski definition) is 9. The first-order valence-corrected chi connectivity index (χ1v) is 13.5. The molecule has 0 fully saturated rings. The zero-order chi connectivity index (χ0) is 26.5. The normalized spacial score (nSPS) is 14.2. The molecular weight excluding hydrogens is 516 g/mol. The molecule has 1 unspecified atom stereocenters. The van der Waals surface area contributed by atoms with Crippen LogP contribution in [0.4, 0.5) is 5.69 Å². The van der Waals surface area contributed by atoms with Crippen LogP contribution >= 0.6 is 23.4 Å². The van der Waals surface area contributed by atoms with Crippen LogP contribution in [0, 0.1) is 0 Å². The first-order chi connectivity index (χ1) is 17.9. The number of fused-ring (bicyclic) bond motifs is 3. The number of anilines is 1. The van der Waals surface area contributed by atoms with E-state index in [9.17, 15) is 9.59 Å². The van der Waals surface area contributed by atoms with Gasteiger partial charge in [0.2, 0.25) is 23.2 Å². The molecule has 0 N–H and O–H groups in total. The molecule has 1 atom stereocenters. The first-order valence-electron chi connectivity index (χ1n) is 11.9. The zero-order valence-electron chi connectivity index (χ0n) is 21.0. The number of carbonyl (C=O) groups is 2. The maximum atomic E-state index is 13.7. The van der Waals surface area contributed by atoms with Gasteiger partial charge < -0.3 is 14.2 Å². The molecule has 0 saturated carbocycles. The summed E-state index contributed by atoms with van der Waals surface area (Å²) in [4.78, 5) is 32.3. The van der Waals surface area contributed by atoms with Gasteiger partial charge in [0.1, 0.15) is 0 Å². The molecule has 1 aliphatic heterocycles. The van der Waals surface area contributed by atoms with E-state index < -0.39 is 12.2 Å². The monoisotopic (exact) mass is 542 g/mol. The Kier molecular flexibility index (Phi) is 8.50. The first kappa shape index (κ1) is 26.7. The van der Waals surface area contributed by atoms with Crippen LogP contribution in [-0.4, -0.2) is 40.4 Å². The predicted octanol–water partition coefficient (Wildman–Crippen LogP) is 5.85. The largest absolute Gasteiger partial charge is 0.493 e. The second-order valence-corrected chi connectivity index (χ2v) is 9.41. The van der Waals surface area contributed by atoms with Crippen molar-refractivity contribution in [1.82, 2.24) is 15.2 Å². The van der Waals surface area contributed by atoms with Gasteiger partial charge >= 0.3 is 5.97 Å². The fourth-order valence-corrected chi connectivity index (χ4v) is 4.52. The third-order valence-corrected chi connectivity index (χ3v) is 6.39. The maximum absolute atomic E-state index is 13.7. The van der Waals surface area contributed by atoms with Gasteiger partial charge in [-0.15, -0.1) is 10.2 Å². The molecule has 1 aromatic heterocycles. The number of amides is 1. The SMILES string of the molecule is CCCC(=O)Oc1c(OC)cc(Cl)cc1C1Oc2nc(SC)nnc2-c2ccccc2N1C(=O)CCC. The molecule has 0 spiro atoms. The number of carbonyl (C=O) groups excluding carboxylic acids is 2. The van der Waals surface area contributed by atoms with Gasteiger partial charge in [0, 0.05) is 29.5 Å². The molecule has 2 heterocycles. The number of para-hydroxylation sites is 1. The molecule has 1 aliphatic rings. The summed E-state index contributed by atoms with van der Waals surface area (Å²) >= 11 is 7.79. The molecule has 0 aliphatic carbocycles. The van der Waals surface area contributed by atoms with E-state index in [-0.39, 0.29) is 36.1 Å². The Hall–Kier alpha value is -3.37. The molecule has 3 aromatic rings. The number of aromatic nitrogens is 3. The number of ether oxygens (including phenoxy) is 3. The number of hydrogen-bond donors (Lipinski definition) is 0. The molecule has 1 amide bonds. The molecule has 37 heavy (non-hydrogen) atoms. The summed E-state index contributed by atoms with van der Waals surface area (Å²) in [5.41, 5.74) is 1.92. The third kappa shape index (κ3) is 5.50. The predicted molar refractivity (Wildman–Crippen MR) is 141 cm³/mol. The van der Waals surface area contributed by atoms with E-state index in [1.165, 1.54) is 23.8 Å². The summed E-state index contributed by atoms with van der Waals surface area (Å²) in [6.07, 6.45) is 2.41. The quantitative estimate of drug-likeness (QED) is 0.197. The molecule has 0 saturated heterocycles. The van der Waals surface area contributed by atoms with Crippen LogP contribution in [0.1, 0.15) is 51.3 Å². The average Bonchev–Trinajstić information content (AvgIpc) is 3.03. The van der Waals surface area contributed by atoms with Crippen LogP contribution in [0.25, 0.3) is 11.3 Å². The highest BCUT2D eigenvalue weighted by Gasteiger charge is 2.38. The number of benzene rings is 2. The van der Waals surface area contributed by atoms with Crippen molar-refractivity contribution in [3.8, 4) is 28.6 Å². The Balaban J connectivity index is 2.00. The second-order valence-electron chi connectivity index (χ2n) is 8.20. The topological polar surface area (TPSA) is 104 Å². The van der Waals surface area contributed by atoms with Gasteiger partial charge in [-0.1, -0.05) is 55.4 Å². The van der Waals surface area contributed by atoms with Crippen molar-refractivity contribution in [3.05, 3.63) is 47.0 Å². The van der Waals surface area contributed by atoms with Crippen molar-refractivity contribution in [2.24, 2.45) is 0 Å². The molecule has 0 bridgehead atoms. The lowest BCUT2D eigenvalue weighted by molar-refractivity contribution is -0.134. The smallest absolute Gasteiger partial charge is 0.311 e. The van der Waals surface area contributed by atoms with Gasteiger partial charge in [-0.2, -0.15) is 4.98 Å². The van der Waals surface area contributed by atoms with Gasteiger partial charge in [0.05, 0.1) is 18.4 Å². The Labute approximate surface area is 224 Å². The Morgan fingerprint density at radius 2 is 1.89 bits per heavy atom. The minimum absolute atomic E-state index is 0.123. The van der Waals surface area contributed by atoms with Crippen LogP contribution in [0.2, 0.25) is 5.02 Å². The number of thioether (sulfide) groups is 1. The highest BCUT2D eigenvalue weighted by molar-refractivity contribution is 7.98. The van der Waals surface area contributed by atoms with Crippen molar-refractivity contribution < 1.29 is 23.8 Å². The molecule has 194 valence electrons. The van der Waals surface area contributed by atoms with Gasteiger partial charge in [0.15, 0.2) is 17.2 Å². The van der Waals surface area contributed by atoms with Gasteiger partial charge in [-0.3, -0.25) is 14.5 Å². The highest BCUT2D eigenvalue weighted by Crippen LogP contribution is 2.47. The van der Waals surface area contributed by atoms with Gasteiger partial charge in [-0.25, -0.2) is 0 Å². The van der Waals surface area contributed by atoms with Crippen molar-refractivity contribution in [3.63, 3.8) is 0 Å². The summed E-state index contributed by atoms with van der Waals surface area (Å²) < 4.78 is 17.8. The number of nitrogens with zero attached hydrogens (tertiary/aromatic N) is 4. The molecule has 0 radical (unpaired) electrons. The Bertz CT molecular complexity index is 1320. The summed E-state index contributed by atoms with van der Waals surface area (Å²) in [7, 11) is 1.45. The molecule has 11 heteroatoms. The van der Waals surface area contributed by atoms with Crippen molar-refractivity contribution >= 4 is 40.9 Å². The van der Waals surface area contributed by atoms with Gasteiger partial charge in [0.25, 0.3) is 0 Å². The molecular formula is C26H27ClN4O5S.